The number of benzene rings is 2. The normalized spacial score (nSPS) is 12.0. The van der Waals surface area contributed by atoms with Crippen molar-refractivity contribution < 1.29 is 23.8 Å². The number of carbonyl (C=O) groups excluding carboxylic acids is 1. The summed E-state index contributed by atoms with van der Waals surface area (Å²) in [5.41, 5.74) is 4.14. The number of esters is 1. The molecule has 1 N–H and O–H groups in total. The molecule has 31 heavy (non-hydrogen) atoms. The maximum atomic E-state index is 12.0. The number of hydrogen-bond acceptors (Lipinski definition) is 8. The molecule has 0 aliphatic rings. The predicted molar refractivity (Wildman–Crippen MR) is 116 cm³/mol. The molecule has 0 aliphatic carbocycles. The summed E-state index contributed by atoms with van der Waals surface area (Å²) in [7, 11) is 0. The van der Waals surface area contributed by atoms with Crippen LogP contribution in [-0.2, 0) is 14.4 Å². The second kappa shape index (κ2) is 10.9. The van der Waals surface area contributed by atoms with E-state index < -0.39 is 12.1 Å². The van der Waals surface area contributed by atoms with Gasteiger partial charge in [-0.3, -0.25) is 4.84 Å². The Kier molecular flexibility index (Phi) is 8.00. The lowest BCUT2D eigenvalue weighted by atomic mass is 10.3. The van der Waals surface area contributed by atoms with E-state index in [1.807, 2.05) is 13.8 Å². The van der Waals surface area contributed by atoms with Crippen molar-refractivity contribution in [2.45, 2.75) is 32.9 Å². The van der Waals surface area contributed by atoms with E-state index in [2.05, 4.69) is 15.4 Å². The third-order valence-corrected chi connectivity index (χ3v) is 4.16. The molecule has 164 valence electrons. The second-order valence-electron chi connectivity index (χ2n) is 6.96. The number of nitrogens with one attached hydrogen (secondary N) is 1. The fraction of sp³-hybridized carbons (Fsp3) is 0.318. The van der Waals surface area contributed by atoms with Crippen LogP contribution >= 0.6 is 11.6 Å². The number of hydrogen-bond donors (Lipinski definition) is 1. The molecule has 3 aromatic rings. The Hall–Kier alpha value is -2.94. The van der Waals surface area contributed by atoms with Gasteiger partial charge in [-0.15, -0.1) is 0 Å². The summed E-state index contributed by atoms with van der Waals surface area (Å²) in [5.74, 6) is 0.948. The number of nitrogens with zero attached hydrogens (tertiary/aromatic N) is 2. The Morgan fingerprint density at radius 2 is 1.77 bits per heavy atom. The number of carbonyl (C=O) groups is 1. The standard InChI is InChI=1S/C22H24ClN3O5/c1-14(2)26-29-11-10-28-22(27)15(3)30-17-5-7-18(8-6-17)31-21-13-24-20-12-16(23)4-9-19(20)25-21/h4-9,12-15,26H,10-11H2,1-3H3/t15-/m1/s1. The first kappa shape index (κ1) is 22.7. The Labute approximate surface area is 185 Å². The highest BCUT2D eigenvalue weighted by Gasteiger charge is 2.16. The van der Waals surface area contributed by atoms with Crippen molar-refractivity contribution in [1.29, 1.82) is 0 Å². The molecular weight excluding hydrogens is 422 g/mol. The number of rotatable bonds is 10. The monoisotopic (exact) mass is 445 g/mol. The minimum absolute atomic E-state index is 0.137. The smallest absolute Gasteiger partial charge is 0.347 e. The van der Waals surface area contributed by atoms with Crippen molar-refractivity contribution in [3.8, 4) is 17.4 Å². The minimum Gasteiger partial charge on any atom is -0.479 e. The average Bonchev–Trinajstić information content (AvgIpc) is 2.74. The van der Waals surface area contributed by atoms with Gasteiger partial charge in [0.2, 0.25) is 5.88 Å². The van der Waals surface area contributed by atoms with Gasteiger partial charge in [-0.2, -0.15) is 5.48 Å². The first-order valence-electron chi connectivity index (χ1n) is 9.81. The zero-order valence-electron chi connectivity index (χ0n) is 17.5. The molecule has 1 atom stereocenters. The minimum atomic E-state index is -0.761. The topological polar surface area (TPSA) is 91.8 Å². The van der Waals surface area contributed by atoms with Crippen molar-refractivity contribution >= 4 is 28.6 Å². The summed E-state index contributed by atoms with van der Waals surface area (Å²) in [6.07, 6.45) is 0.768. The molecule has 0 aliphatic heterocycles. The van der Waals surface area contributed by atoms with Gasteiger partial charge in [-0.05, 0) is 63.2 Å². The first-order chi connectivity index (χ1) is 14.9. The van der Waals surface area contributed by atoms with E-state index in [0.29, 0.717) is 33.4 Å². The summed E-state index contributed by atoms with van der Waals surface area (Å²) >= 11 is 5.96. The van der Waals surface area contributed by atoms with Crippen LogP contribution in [0.5, 0.6) is 17.4 Å². The van der Waals surface area contributed by atoms with Gasteiger partial charge < -0.3 is 14.2 Å². The Balaban J connectivity index is 1.49. The lowest BCUT2D eigenvalue weighted by molar-refractivity contribution is -0.153. The molecule has 0 saturated carbocycles. The van der Waals surface area contributed by atoms with Crippen LogP contribution in [-0.4, -0.2) is 41.3 Å². The van der Waals surface area contributed by atoms with Crippen LogP contribution in [0.15, 0.2) is 48.7 Å². The largest absolute Gasteiger partial charge is 0.479 e. The van der Waals surface area contributed by atoms with Crippen LogP contribution in [0.2, 0.25) is 5.02 Å². The van der Waals surface area contributed by atoms with E-state index >= 15 is 0 Å². The molecule has 1 heterocycles. The molecule has 1 aromatic heterocycles. The summed E-state index contributed by atoms with van der Waals surface area (Å²) in [6.45, 7) is 5.91. The number of fused-ring (bicyclic) bond motifs is 1. The molecule has 3 rings (SSSR count). The molecule has 9 heteroatoms. The first-order valence-corrected chi connectivity index (χ1v) is 10.2. The lowest BCUT2D eigenvalue weighted by Crippen LogP contribution is -2.29. The lowest BCUT2D eigenvalue weighted by Gasteiger charge is -2.15. The van der Waals surface area contributed by atoms with E-state index in [-0.39, 0.29) is 19.3 Å². The maximum absolute atomic E-state index is 12.0. The number of ether oxygens (including phenoxy) is 3. The number of halogens is 1. The van der Waals surface area contributed by atoms with E-state index in [0.717, 1.165) is 0 Å². The highest BCUT2D eigenvalue weighted by Crippen LogP contribution is 2.25. The number of hydroxylamine groups is 1. The van der Waals surface area contributed by atoms with Crippen molar-refractivity contribution in [2.75, 3.05) is 13.2 Å². The maximum Gasteiger partial charge on any atom is 0.347 e. The molecule has 2 aromatic carbocycles. The van der Waals surface area contributed by atoms with Crippen molar-refractivity contribution in [3.63, 3.8) is 0 Å². The molecule has 8 nitrogen and oxygen atoms in total. The van der Waals surface area contributed by atoms with Gasteiger partial charge in [-0.25, -0.2) is 14.8 Å². The van der Waals surface area contributed by atoms with Crippen LogP contribution in [0, 0.1) is 0 Å². The van der Waals surface area contributed by atoms with Crippen molar-refractivity contribution in [2.24, 2.45) is 0 Å². The van der Waals surface area contributed by atoms with Gasteiger partial charge in [0.1, 0.15) is 24.7 Å². The Bertz CT molecular complexity index is 1010. The highest BCUT2D eigenvalue weighted by molar-refractivity contribution is 6.31. The van der Waals surface area contributed by atoms with Crippen LogP contribution < -0.4 is 15.0 Å². The van der Waals surface area contributed by atoms with Gasteiger partial charge in [0.05, 0.1) is 17.2 Å². The van der Waals surface area contributed by atoms with E-state index in [1.54, 1.807) is 49.4 Å². The van der Waals surface area contributed by atoms with Gasteiger partial charge in [0, 0.05) is 11.1 Å². The third kappa shape index (κ3) is 7.06. The Morgan fingerprint density at radius 3 is 2.52 bits per heavy atom. The second-order valence-corrected chi connectivity index (χ2v) is 7.40. The van der Waals surface area contributed by atoms with E-state index in [1.165, 1.54) is 6.20 Å². The zero-order chi connectivity index (χ0) is 22.2. The van der Waals surface area contributed by atoms with Crippen molar-refractivity contribution in [3.05, 3.63) is 53.7 Å². The molecule has 0 unspecified atom stereocenters. The fourth-order valence-electron chi connectivity index (χ4n) is 2.50. The molecular formula is C22H24ClN3O5. The molecule has 0 spiro atoms. The highest BCUT2D eigenvalue weighted by atomic mass is 35.5. The fourth-order valence-corrected chi connectivity index (χ4v) is 2.67. The predicted octanol–water partition coefficient (Wildman–Crippen LogP) is 4.32. The van der Waals surface area contributed by atoms with Crippen LogP contribution in [0.3, 0.4) is 0 Å². The van der Waals surface area contributed by atoms with Gasteiger partial charge in [-0.1, -0.05) is 11.6 Å². The van der Waals surface area contributed by atoms with E-state index in [4.69, 9.17) is 30.6 Å². The summed E-state index contributed by atoms with van der Waals surface area (Å²) in [4.78, 5) is 25.9. The quantitative estimate of drug-likeness (QED) is 0.280. The molecule has 0 radical (unpaired) electrons. The average molecular weight is 446 g/mol. The van der Waals surface area contributed by atoms with Crippen molar-refractivity contribution in [1.82, 2.24) is 15.4 Å². The van der Waals surface area contributed by atoms with E-state index in [9.17, 15) is 4.79 Å². The number of aromatic nitrogens is 2. The van der Waals surface area contributed by atoms with Gasteiger partial charge in [0.25, 0.3) is 0 Å². The van der Waals surface area contributed by atoms with Gasteiger partial charge >= 0.3 is 5.97 Å². The zero-order valence-corrected chi connectivity index (χ0v) is 18.3. The van der Waals surface area contributed by atoms with Crippen LogP contribution in [0.4, 0.5) is 0 Å². The molecule has 0 amide bonds. The summed E-state index contributed by atoms with van der Waals surface area (Å²) in [5, 5.41) is 0.598. The molecule has 0 saturated heterocycles. The van der Waals surface area contributed by atoms with Crippen LogP contribution in [0.25, 0.3) is 11.0 Å². The molecule has 0 fully saturated rings. The summed E-state index contributed by atoms with van der Waals surface area (Å²) < 4.78 is 16.5. The van der Waals surface area contributed by atoms with Gasteiger partial charge in [0.15, 0.2) is 6.10 Å². The molecule has 0 bridgehead atoms. The third-order valence-electron chi connectivity index (χ3n) is 3.92. The Morgan fingerprint density at radius 1 is 1.03 bits per heavy atom. The van der Waals surface area contributed by atoms with Crippen LogP contribution in [0.1, 0.15) is 20.8 Å². The summed E-state index contributed by atoms with van der Waals surface area (Å²) in [6, 6.07) is 12.3. The SMILES string of the molecule is CC(C)NOCCOC(=O)[C@@H](C)Oc1ccc(Oc2cnc3cc(Cl)ccc3n2)cc1.